The molecule has 1 aliphatic rings. The molecule has 0 spiro atoms. The van der Waals surface area contributed by atoms with Gasteiger partial charge in [-0.05, 0) is 23.6 Å². The smallest absolute Gasteiger partial charge is 0.168 e. The average molecular weight is 321 g/mol. The van der Waals surface area contributed by atoms with Gasteiger partial charge >= 0.3 is 0 Å². The third kappa shape index (κ3) is 3.38. The van der Waals surface area contributed by atoms with E-state index in [1.54, 1.807) is 19.2 Å². The Labute approximate surface area is 141 Å². The van der Waals surface area contributed by atoms with Gasteiger partial charge in [-0.15, -0.1) is 0 Å². The first-order valence-corrected chi connectivity index (χ1v) is 7.86. The Morgan fingerprint density at radius 1 is 1.08 bits per heavy atom. The Kier molecular flexibility index (Phi) is 4.75. The molecule has 3 rings (SSSR count). The van der Waals surface area contributed by atoms with Crippen LogP contribution in [0.3, 0.4) is 0 Å². The number of ketones is 1. The number of rotatable bonds is 4. The predicted molar refractivity (Wildman–Crippen MR) is 94.2 cm³/mol. The molecular weight excluding hydrogens is 302 g/mol. The fraction of sp³-hybridized carbons (Fsp3) is 0.200. The largest absolute Gasteiger partial charge is 0.511 e. The summed E-state index contributed by atoms with van der Waals surface area (Å²) in [5.41, 5.74) is 1.98. The van der Waals surface area contributed by atoms with Gasteiger partial charge < -0.3 is 9.84 Å². The molecule has 0 fully saturated rings. The van der Waals surface area contributed by atoms with E-state index in [1.165, 1.54) is 6.21 Å². The molecule has 1 atom stereocenters. The van der Waals surface area contributed by atoms with Crippen LogP contribution in [0.4, 0.5) is 5.69 Å². The maximum atomic E-state index is 12.4. The first kappa shape index (κ1) is 16.0. The number of Topliss-reactive ketones (excluding diaryl/α,β-unsaturated/α-hetero) is 1. The van der Waals surface area contributed by atoms with Crippen LogP contribution in [-0.2, 0) is 4.79 Å². The number of carbonyl (C=O) groups excluding carboxylic acids is 1. The monoisotopic (exact) mass is 321 g/mol. The summed E-state index contributed by atoms with van der Waals surface area (Å²) in [6.07, 6.45) is 2.26. The van der Waals surface area contributed by atoms with E-state index in [2.05, 4.69) is 4.99 Å². The zero-order valence-electron chi connectivity index (χ0n) is 13.5. The van der Waals surface area contributed by atoms with Crippen molar-refractivity contribution in [3.63, 3.8) is 0 Å². The molecule has 0 heterocycles. The molecule has 1 aliphatic carbocycles. The van der Waals surface area contributed by atoms with Crippen molar-refractivity contribution in [1.82, 2.24) is 0 Å². The number of hydrogen-bond donors (Lipinski definition) is 1. The van der Waals surface area contributed by atoms with Gasteiger partial charge in [0.25, 0.3) is 0 Å². The highest BCUT2D eigenvalue weighted by Gasteiger charge is 2.27. The minimum absolute atomic E-state index is 0.0158. The third-order valence-electron chi connectivity index (χ3n) is 4.17. The van der Waals surface area contributed by atoms with Crippen molar-refractivity contribution >= 4 is 17.7 Å². The van der Waals surface area contributed by atoms with Crippen LogP contribution in [0.2, 0.25) is 0 Å². The number of carbonyl (C=O) groups is 1. The van der Waals surface area contributed by atoms with Crippen molar-refractivity contribution < 1.29 is 14.6 Å². The van der Waals surface area contributed by atoms with Crippen molar-refractivity contribution in [2.24, 2.45) is 4.99 Å². The third-order valence-corrected chi connectivity index (χ3v) is 4.17. The lowest BCUT2D eigenvalue weighted by Gasteiger charge is -2.22. The molecule has 4 heteroatoms. The molecule has 1 unspecified atom stereocenters. The lowest BCUT2D eigenvalue weighted by atomic mass is 9.83. The Morgan fingerprint density at radius 2 is 1.79 bits per heavy atom. The van der Waals surface area contributed by atoms with Gasteiger partial charge in [-0.1, -0.05) is 42.5 Å². The highest BCUT2D eigenvalue weighted by atomic mass is 16.5. The van der Waals surface area contributed by atoms with Crippen molar-refractivity contribution in [1.29, 1.82) is 0 Å². The summed E-state index contributed by atoms with van der Waals surface area (Å²) < 4.78 is 5.24. The number of methoxy groups -OCH3 is 1. The van der Waals surface area contributed by atoms with E-state index in [1.807, 2.05) is 42.5 Å². The number of allylic oxidation sites excluding steroid dienone is 2. The summed E-state index contributed by atoms with van der Waals surface area (Å²) in [6.45, 7) is 0. The summed E-state index contributed by atoms with van der Waals surface area (Å²) in [4.78, 5) is 16.7. The van der Waals surface area contributed by atoms with Crippen LogP contribution in [0.5, 0.6) is 5.75 Å². The van der Waals surface area contributed by atoms with E-state index in [4.69, 9.17) is 4.74 Å². The summed E-state index contributed by atoms with van der Waals surface area (Å²) in [5, 5.41) is 10.3. The molecule has 0 saturated heterocycles. The molecule has 0 aliphatic heterocycles. The first-order chi connectivity index (χ1) is 11.7. The number of ether oxygens (including phenoxy) is 1. The van der Waals surface area contributed by atoms with Gasteiger partial charge in [0.05, 0.1) is 12.7 Å². The summed E-state index contributed by atoms with van der Waals surface area (Å²) in [5.74, 6) is 0.645. The summed E-state index contributed by atoms with van der Waals surface area (Å²) in [6, 6.07) is 17.1. The second-order valence-electron chi connectivity index (χ2n) is 5.73. The fourth-order valence-electron chi connectivity index (χ4n) is 2.89. The topological polar surface area (TPSA) is 58.9 Å². The molecule has 2 aromatic rings. The van der Waals surface area contributed by atoms with Gasteiger partial charge in [-0.25, -0.2) is 0 Å². The normalized spacial score (nSPS) is 18.2. The van der Waals surface area contributed by atoms with Gasteiger partial charge in [-0.3, -0.25) is 9.79 Å². The van der Waals surface area contributed by atoms with Crippen LogP contribution < -0.4 is 4.74 Å². The van der Waals surface area contributed by atoms with E-state index in [9.17, 15) is 9.90 Å². The van der Waals surface area contributed by atoms with Crippen LogP contribution in [0.15, 0.2) is 70.9 Å². The Balaban J connectivity index is 1.83. The quantitative estimate of drug-likeness (QED) is 0.851. The standard InChI is InChI=1S/C20H19NO3/c1-24-20-10-6-5-9-17(20)21-13-16-18(22)11-15(12-19(16)23)14-7-3-2-4-8-14/h2-10,13,15,22H,11-12H2,1H3. The van der Waals surface area contributed by atoms with Crippen molar-refractivity contribution in [2.75, 3.05) is 7.11 Å². The molecule has 0 saturated carbocycles. The number of aliphatic hydroxyl groups is 1. The first-order valence-electron chi connectivity index (χ1n) is 7.86. The number of aliphatic imine (C=N–C) groups is 1. The lowest BCUT2D eigenvalue weighted by molar-refractivity contribution is -0.116. The van der Waals surface area contributed by atoms with E-state index in [0.717, 1.165) is 5.56 Å². The van der Waals surface area contributed by atoms with E-state index in [0.29, 0.717) is 24.3 Å². The SMILES string of the molecule is COc1ccccc1N=CC1=C(O)CC(c2ccccc2)CC1=O. The molecule has 4 nitrogen and oxygen atoms in total. The Hall–Kier alpha value is -2.88. The molecule has 0 aromatic heterocycles. The average Bonchev–Trinajstić information content (AvgIpc) is 2.62. The van der Waals surface area contributed by atoms with E-state index < -0.39 is 0 Å². The molecule has 0 amide bonds. The van der Waals surface area contributed by atoms with Gasteiger partial charge in [0.1, 0.15) is 17.2 Å². The summed E-state index contributed by atoms with van der Waals surface area (Å²) >= 11 is 0. The van der Waals surface area contributed by atoms with Crippen LogP contribution in [0, 0.1) is 0 Å². The number of hydrogen-bond acceptors (Lipinski definition) is 4. The Bertz CT molecular complexity index is 794. The molecule has 0 bridgehead atoms. The van der Waals surface area contributed by atoms with Crippen LogP contribution in [0.25, 0.3) is 0 Å². The maximum Gasteiger partial charge on any atom is 0.168 e. The molecule has 122 valence electrons. The number of nitrogens with zero attached hydrogens (tertiary/aromatic N) is 1. The molecule has 24 heavy (non-hydrogen) atoms. The molecule has 2 aromatic carbocycles. The van der Waals surface area contributed by atoms with Crippen molar-refractivity contribution in [3.8, 4) is 5.75 Å². The number of benzene rings is 2. The van der Waals surface area contributed by atoms with Crippen LogP contribution in [-0.4, -0.2) is 24.2 Å². The minimum atomic E-state index is -0.0914. The van der Waals surface area contributed by atoms with Gasteiger partial charge in [0.15, 0.2) is 5.78 Å². The zero-order valence-corrected chi connectivity index (χ0v) is 13.5. The van der Waals surface area contributed by atoms with Crippen LogP contribution in [0.1, 0.15) is 24.3 Å². The fourth-order valence-corrected chi connectivity index (χ4v) is 2.89. The summed E-state index contributed by atoms with van der Waals surface area (Å²) in [7, 11) is 1.57. The number of para-hydroxylation sites is 2. The van der Waals surface area contributed by atoms with Gasteiger partial charge in [0, 0.05) is 19.1 Å². The molecular formula is C20H19NO3. The molecule has 1 N–H and O–H groups in total. The van der Waals surface area contributed by atoms with E-state index in [-0.39, 0.29) is 23.0 Å². The highest BCUT2D eigenvalue weighted by Crippen LogP contribution is 2.33. The second-order valence-corrected chi connectivity index (χ2v) is 5.73. The Morgan fingerprint density at radius 3 is 2.50 bits per heavy atom. The van der Waals surface area contributed by atoms with Gasteiger partial charge in [-0.2, -0.15) is 0 Å². The highest BCUT2D eigenvalue weighted by molar-refractivity contribution is 6.15. The zero-order chi connectivity index (χ0) is 16.9. The molecule has 0 radical (unpaired) electrons. The van der Waals surface area contributed by atoms with Crippen LogP contribution >= 0.6 is 0 Å². The number of aliphatic hydroxyl groups excluding tert-OH is 1. The second kappa shape index (κ2) is 7.13. The lowest BCUT2D eigenvalue weighted by Crippen LogP contribution is -2.19. The van der Waals surface area contributed by atoms with Gasteiger partial charge in [0.2, 0.25) is 0 Å². The minimum Gasteiger partial charge on any atom is -0.511 e. The van der Waals surface area contributed by atoms with Crippen molar-refractivity contribution in [3.05, 3.63) is 71.5 Å². The van der Waals surface area contributed by atoms with E-state index >= 15 is 0 Å². The van der Waals surface area contributed by atoms with Crippen molar-refractivity contribution in [2.45, 2.75) is 18.8 Å². The predicted octanol–water partition coefficient (Wildman–Crippen LogP) is 4.36. The maximum absolute atomic E-state index is 12.4.